The first-order valence-corrected chi connectivity index (χ1v) is 7.13. The van der Waals surface area contributed by atoms with Crippen molar-refractivity contribution in [1.82, 2.24) is 0 Å². The third-order valence-corrected chi connectivity index (χ3v) is 2.83. The molecule has 0 heteroatoms. The summed E-state index contributed by atoms with van der Waals surface area (Å²) in [7, 11) is 0. The lowest BCUT2D eigenvalue weighted by Gasteiger charge is -1.98. The minimum absolute atomic E-state index is 1.24. The Bertz CT molecular complexity index is 465. The molecule has 104 valence electrons. The van der Waals surface area contributed by atoms with Crippen LogP contribution >= 0.6 is 0 Å². The molecule has 0 unspecified atom stereocenters. The van der Waals surface area contributed by atoms with Crippen molar-refractivity contribution < 1.29 is 0 Å². The highest BCUT2D eigenvalue weighted by Gasteiger charge is 1.88. The molecule has 0 bridgehead atoms. The van der Waals surface area contributed by atoms with Crippen molar-refractivity contribution in [2.45, 2.75) is 26.7 Å². The fraction of sp³-hybridized carbons (Fsp3) is 0.200. The van der Waals surface area contributed by atoms with Gasteiger partial charge < -0.3 is 0 Å². The molecule has 1 aliphatic carbocycles. The van der Waals surface area contributed by atoms with Crippen molar-refractivity contribution in [3.8, 4) is 0 Å². The van der Waals surface area contributed by atoms with Crippen LogP contribution in [-0.2, 0) is 0 Å². The summed E-state index contributed by atoms with van der Waals surface area (Å²) in [6.07, 6.45) is 8.99. The first kappa shape index (κ1) is 16.0. The number of hydrogen-bond donors (Lipinski definition) is 0. The Labute approximate surface area is 123 Å². The van der Waals surface area contributed by atoms with Crippen LogP contribution in [0.1, 0.15) is 25.3 Å². The highest BCUT2D eigenvalue weighted by Crippen LogP contribution is 2.08. The van der Waals surface area contributed by atoms with Crippen LogP contribution in [0.3, 0.4) is 0 Å². The Balaban J connectivity index is 0.000000151. The Morgan fingerprint density at radius 1 is 0.700 bits per heavy atom. The molecule has 0 N–H and O–H groups in total. The fourth-order valence-corrected chi connectivity index (χ4v) is 1.64. The Kier molecular flexibility index (Phi) is 8.63. The molecule has 0 fully saturated rings. The average molecular weight is 264 g/mol. The van der Waals surface area contributed by atoms with Crippen molar-refractivity contribution in [3.63, 3.8) is 0 Å². The Morgan fingerprint density at radius 2 is 1.20 bits per heavy atom. The summed E-state index contributed by atoms with van der Waals surface area (Å²) in [5.74, 6) is 0. The number of hydrogen-bond acceptors (Lipinski definition) is 0. The summed E-state index contributed by atoms with van der Waals surface area (Å²) in [6.45, 7) is 4.25. The van der Waals surface area contributed by atoms with E-state index >= 15 is 0 Å². The third-order valence-electron chi connectivity index (χ3n) is 2.83. The summed E-state index contributed by atoms with van der Waals surface area (Å²) in [5, 5.41) is 0. The number of allylic oxidation sites excluding steroid dienone is 4. The van der Waals surface area contributed by atoms with Gasteiger partial charge in [-0.05, 0) is 26.7 Å². The molecule has 0 atom stereocenters. The summed E-state index contributed by atoms with van der Waals surface area (Å²) >= 11 is 0. The van der Waals surface area contributed by atoms with Gasteiger partial charge in [0, 0.05) is 0 Å². The fourth-order valence-electron chi connectivity index (χ4n) is 1.64. The minimum atomic E-state index is 1.24. The molecule has 3 rings (SSSR count). The molecule has 0 spiro atoms. The second-order valence-electron chi connectivity index (χ2n) is 4.79. The van der Waals surface area contributed by atoms with Gasteiger partial charge in [0.1, 0.15) is 0 Å². The monoisotopic (exact) mass is 264 g/mol. The molecule has 0 aliphatic heterocycles. The van der Waals surface area contributed by atoms with E-state index in [1.165, 1.54) is 24.0 Å². The quantitative estimate of drug-likeness (QED) is 0.550. The zero-order valence-corrected chi connectivity index (χ0v) is 12.5. The van der Waals surface area contributed by atoms with Crippen LogP contribution in [0.25, 0.3) is 0 Å². The van der Waals surface area contributed by atoms with E-state index in [1.54, 1.807) is 0 Å². The lowest BCUT2D eigenvalue weighted by atomic mass is 10.1. The Morgan fingerprint density at radius 3 is 1.45 bits per heavy atom. The van der Waals surface area contributed by atoms with Gasteiger partial charge in [-0.3, -0.25) is 0 Å². The van der Waals surface area contributed by atoms with E-state index in [2.05, 4.69) is 44.2 Å². The van der Waals surface area contributed by atoms with Crippen LogP contribution in [0.2, 0.25) is 0 Å². The van der Waals surface area contributed by atoms with Crippen LogP contribution in [0, 0.1) is 6.92 Å². The van der Waals surface area contributed by atoms with Crippen molar-refractivity contribution >= 4 is 0 Å². The first-order valence-electron chi connectivity index (χ1n) is 7.13. The molecule has 0 aromatic heterocycles. The molecule has 2 aromatic carbocycles. The van der Waals surface area contributed by atoms with Crippen LogP contribution in [0.4, 0.5) is 0 Å². The molecule has 0 saturated carbocycles. The zero-order valence-electron chi connectivity index (χ0n) is 12.5. The van der Waals surface area contributed by atoms with Crippen LogP contribution in [0.15, 0.2) is 90.5 Å². The minimum Gasteiger partial charge on any atom is -0.0842 e. The van der Waals surface area contributed by atoms with Gasteiger partial charge in [-0.2, -0.15) is 0 Å². The lowest BCUT2D eigenvalue weighted by molar-refractivity contribution is 0.962. The molecule has 1 aliphatic rings. The maximum Gasteiger partial charge on any atom is -0.0285 e. The smallest absolute Gasteiger partial charge is 0.0285 e. The summed E-state index contributed by atoms with van der Waals surface area (Å²) in [6, 6.07) is 22.3. The maximum absolute atomic E-state index is 2.20. The highest BCUT2D eigenvalue weighted by molar-refractivity contribution is 5.15. The molecule has 0 radical (unpaired) electrons. The topological polar surface area (TPSA) is 0 Å². The Hall–Kier alpha value is -2.08. The SMILES string of the molecule is CC1=CC=CCC1.Cc1ccccc1.c1ccccc1. The second-order valence-corrected chi connectivity index (χ2v) is 4.79. The van der Waals surface area contributed by atoms with Crippen molar-refractivity contribution in [1.29, 1.82) is 0 Å². The number of aryl methyl sites for hydroxylation is 1. The first-order chi connectivity index (χ1) is 9.79. The molecular weight excluding hydrogens is 240 g/mol. The number of benzene rings is 2. The molecule has 0 heterocycles. The number of rotatable bonds is 0. The van der Waals surface area contributed by atoms with E-state index < -0.39 is 0 Å². The van der Waals surface area contributed by atoms with Gasteiger partial charge in [-0.15, -0.1) is 0 Å². The van der Waals surface area contributed by atoms with E-state index in [0.717, 1.165) is 0 Å². The summed E-state index contributed by atoms with van der Waals surface area (Å²) in [5.41, 5.74) is 2.82. The predicted molar refractivity (Wildman–Crippen MR) is 89.8 cm³/mol. The van der Waals surface area contributed by atoms with E-state index in [1.807, 2.05) is 54.6 Å². The van der Waals surface area contributed by atoms with Gasteiger partial charge in [0.25, 0.3) is 0 Å². The molecule has 2 aromatic rings. The van der Waals surface area contributed by atoms with Crippen molar-refractivity contribution in [3.05, 3.63) is 96.1 Å². The molecule has 0 saturated heterocycles. The van der Waals surface area contributed by atoms with E-state index in [-0.39, 0.29) is 0 Å². The van der Waals surface area contributed by atoms with E-state index in [0.29, 0.717) is 0 Å². The zero-order chi connectivity index (χ0) is 14.5. The normalized spacial score (nSPS) is 12.2. The van der Waals surface area contributed by atoms with Crippen LogP contribution in [-0.4, -0.2) is 0 Å². The molecular formula is C20H24. The van der Waals surface area contributed by atoms with E-state index in [4.69, 9.17) is 0 Å². The van der Waals surface area contributed by atoms with E-state index in [9.17, 15) is 0 Å². The average Bonchev–Trinajstić information content (AvgIpc) is 2.52. The van der Waals surface area contributed by atoms with Crippen LogP contribution in [0.5, 0.6) is 0 Å². The van der Waals surface area contributed by atoms with Crippen molar-refractivity contribution in [2.24, 2.45) is 0 Å². The maximum atomic E-state index is 2.20. The van der Waals surface area contributed by atoms with Gasteiger partial charge in [0.2, 0.25) is 0 Å². The molecule has 20 heavy (non-hydrogen) atoms. The van der Waals surface area contributed by atoms with Crippen LogP contribution < -0.4 is 0 Å². The summed E-state index contributed by atoms with van der Waals surface area (Å²) in [4.78, 5) is 0. The van der Waals surface area contributed by atoms with Gasteiger partial charge in [-0.25, -0.2) is 0 Å². The standard InChI is InChI=1S/C7H10.C7H8.C6H6/c2*1-7-5-3-2-4-6-7;1-2-4-6-5-3-1/h2-3,5H,4,6H2,1H3;2-6H,1H3;1-6H. The largest absolute Gasteiger partial charge is 0.0842 e. The van der Waals surface area contributed by atoms with Gasteiger partial charge in [0.05, 0.1) is 0 Å². The van der Waals surface area contributed by atoms with Gasteiger partial charge >= 0.3 is 0 Å². The third kappa shape index (κ3) is 8.93. The predicted octanol–water partition coefficient (Wildman–Crippen LogP) is 5.96. The lowest BCUT2D eigenvalue weighted by Crippen LogP contribution is -1.78. The van der Waals surface area contributed by atoms with Gasteiger partial charge in [-0.1, -0.05) is 96.1 Å². The second kappa shape index (κ2) is 10.8. The van der Waals surface area contributed by atoms with Crippen molar-refractivity contribution in [2.75, 3.05) is 0 Å². The summed E-state index contributed by atoms with van der Waals surface area (Å²) < 4.78 is 0. The molecule has 0 amide bonds. The highest BCUT2D eigenvalue weighted by atomic mass is 13.9. The van der Waals surface area contributed by atoms with Gasteiger partial charge in [0.15, 0.2) is 0 Å². The molecule has 0 nitrogen and oxygen atoms in total.